The number of benzene rings is 1. The standard InChI is InChI=1S/C17H18N4O2/c1-12-15(10-21(2)20-12)16(22)18-9-8-14-11-23-17(19-14)13-6-4-3-5-7-13/h3-7,10-11H,8-9H2,1-2H3,(H,18,22). The molecule has 3 aromatic rings. The molecule has 0 saturated carbocycles. The Bertz CT molecular complexity index is 805. The molecule has 118 valence electrons. The molecule has 0 aliphatic rings. The minimum absolute atomic E-state index is 0.123. The lowest BCUT2D eigenvalue weighted by molar-refractivity contribution is 0.0953. The van der Waals surface area contributed by atoms with Crippen molar-refractivity contribution in [3.05, 3.63) is 59.7 Å². The molecule has 0 saturated heterocycles. The third-order valence-corrected chi connectivity index (χ3v) is 3.50. The summed E-state index contributed by atoms with van der Waals surface area (Å²) in [5.41, 5.74) is 3.07. The molecule has 0 radical (unpaired) electrons. The number of carbonyl (C=O) groups excluding carboxylic acids is 1. The molecule has 6 heteroatoms. The maximum absolute atomic E-state index is 12.1. The van der Waals surface area contributed by atoms with Gasteiger partial charge in [0.15, 0.2) is 0 Å². The average Bonchev–Trinajstić information content (AvgIpc) is 3.14. The Labute approximate surface area is 134 Å². The Balaban J connectivity index is 1.56. The number of hydrogen-bond acceptors (Lipinski definition) is 4. The number of hydrogen-bond donors (Lipinski definition) is 1. The molecular weight excluding hydrogens is 292 g/mol. The number of nitrogens with zero attached hydrogens (tertiary/aromatic N) is 3. The van der Waals surface area contributed by atoms with E-state index < -0.39 is 0 Å². The summed E-state index contributed by atoms with van der Waals surface area (Å²) in [4.78, 5) is 16.5. The molecule has 3 rings (SSSR count). The van der Waals surface area contributed by atoms with Crippen LogP contribution in [-0.4, -0.2) is 27.2 Å². The fourth-order valence-corrected chi connectivity index (χ4v) is 2.36. The third kappa shape index (κ3) is 3.48. The van der Waals surface area contributed by atoms with E-state index in [0.717, 1.165) is 17.0 Å². The summed E-state index contributed by atoms with van der Waals surface area (Å²) < 4.78 is 7.11. The van der Waals surface area contributed by atoms with Crippen molar-refractivity contribution in [2.45, 2.75) is 13.3 Å². The SMILES string of the molecule is Cc1nn(C)cc1C(=O)NCCc1coc(-c2ccccc2)n1. The van der Waals surface area contributed by atoms with Gasteiger partial charge in [-0.1, -0.05) is 18.2 Å². The molecule has 0 spiro atoms. The van der Waals surface area contributed by atoms with Crippen LogP contribution in [0.2, 0.25) is 0 Å². The molecule has 0 atom stereocenters. The number of nitrogens with one attached hydrogen (secondary N) is 1. The van der Waals surface area contributed by atoms with Gasteiger partial charge in [-0.3, -0.25) is 9.48 Å². The zero-order valence-electron chi connectivity index (χ0n) is 13.1. The number of carbonyl (C=O) groups is 1. The molecule has 2 aromatic heterocycles. The van der Waals surface area contributed by atoms with Gasteiger partial charge in [-0.05, 0) is 19.1 Å². The fourth-order valence-electron chi connectivity index (χ4n) is 2.36. The van der Waals surface area contributed by atoms with Gasteiger partial charge < -0.3 is 9.73 Å². The van der Waals surface area contributed by atoms with Crippen molar-refractivity contribution in [3.8, 4) is 11.5 Å². The Hall–Kier alpha value is -2.89. The summed E-state index contributed by atoms with van der Waals surface area (Å²) in [7, 11) is 1.80. The summed E-state index contributed by atoms with van der Waals surface area (Å²) in [6.45, 7) is 2.31. The molecule has 0 aliphatic heterocycles. The molecule has 1 N–H and O–H groups in total. The largest absolute Gasteiger partial charge is 0.444 e. The van der Waals surface area contributed by atoms with Crippen LogP contribution in [0.4, 0.5) is 0 Å². The third-order valence-electron chi connectivity index (χ3n) is 3.50. The monoisotopic (exact) mass is 310 g/mol. The van der Waals surface area contributed by atoms with E-state index in [4.69, 9.17) is 4.42 Å². The van der Waals surface area contributed by atoms with Crippen LogP contribution in [-0.2, 0) is 13.5 Å². The molecule has 1 amide bonds. The first-order valence-electron chi connectivity index (χ1n) is 7.42. The first-order chi connectivity index (χ1) is 11.1. The second-order valence-corrected chi connectivity index (χ2v) is 5.32. The van der Waals surface area contributed by atoms with Gasteiger partial charge in [-0.2, -0.15) is 5.10 Å². The highest BCUT2D eigenvalue weighted by Gasteiger charge is 2.12. The summed E-state index contributed by atoms with van der Waals surface area (Å²) in [6.07, 6.45) is 3.96. The van der Waals surface area contributed by atoms with Crippen LogP contribution < -0.4 is 5.32 Å². The lowest BCUT2D eigenvalue weighted by Crippen LogP contribution is -2.26. The van der Waals surface area contributed by atoms with Crippen LogP contribution in [0.5, 0.6) is 0 Å². The van der Waals surface area contributed by atoms with E-state index in [1.807, 2.05) is 37.3 Å². The number of oxazole rings is 1. The minimum atomic E-state index is -0.123. The van der Waals surface area contributed by atoms with Crippen LogP contribution in [0, 0.1) is 6.92 Å². The minimum Gasteiger partial charge on any atom is -0.444 e. The summed E-state index contributed by atoms with van der Waals surface area (Å²) in [5.74, 6) is 0.470. The first-order valence-corrected chi connectivity index (χ1v) is 7.42. The highest BCUT2D eigenvalue weighted by atomic mass is 16.3. The van der Waals surface area contributed by atoms with Crippen molar-refractivity contribution in [1.29, 1.82) is 0 Å². The molecule has 0 unspecified atom stereocenters. The van der Waals surface area contributed by atoms with Gasteiger partial charge in [-0.15, -0.1) is 0 Å². The second-order valence-electron chi connectivity index (χ2n) is 5.32. The Kier molecular flexibility index (Phi) is 4.23. The first kappa shape index (κ1) is 15.0. The lowest BCUT2D eigenvalue weighted by atomic mass is 10.2. The molecule has 6 nitrogen and oxygen atoms in total. The quantitative estimate of drug-likeness (QED) is 0.785. The van der Waals surface area contributed by atoms with Gasteiger partial charge in [0.2, 0.25) is 5.89 Å². The Morgan fingerprint density at radius 1 is 1.30 bits per heavy atom. The van der Waals surface area contributed by atoms with Gasteiger partial charge >= 0.3 is 0 Å². The molecule has 2 heterocycles. The van der Waals surface area contributed by atoms with E-state index in [1.54, 1.807) is 24.2 Å². The maximum atomic E-state index is 12.1. The molecule has 1 aromatic carbocycles. The van der Waals surface area contributed by atoms with E-state index in [1.165, 1.54) is 0 Å². The highest BCUT2D eigenvalue weighted by molar-refractivity contribution is 5.94. The van der Waals surface area contributed by atoms with Gasteiger partial charge in [-0.25, -0.2) is 4.98 Å². The van der Waals surface area contributed by atoms with E-state index in [0.29, 0.717) is 24.4 Å². The number of aromatic nitrogens is 3. The van der Waals surface area contributed by atoms with Crippen LogP contribution in [0.3, 0.4) is 0 Å². The summed E-state index contributed by atoms with van der Waals surface area (Å²) in [6, 6.07) is 9.72. The smallest absolute Gasteiger partial charge is 0.254 e. The normalized spacial score (nSPS) is 10.7. The molecule has 0 fully saturated rings. The maximum Gasteiger partial charge on any atom is 0.254 e. The summed E-state index contributed by atoms with van der Waals surface area (Å²) in [5, 5.41) is 7.04. The van der Waals surface area contributed by atoms with Crippen molar-refractivity contribution in [2.75, 3.05) is 6.54 Å². The molecule has 23 heavy (non-hydrogen) atoms. The topological polar surface area (TPSA) is 73.0 Å². The van der Waals surface area contributed by atoms with E-state index in [9.17, 15) is 4.79 Å². The zero-order chi connectivity index (χ0) is 16.2. The van der Waals surface area contributed by atoms with Gasteiger partial charge in [0, 0.05) is 31.8 Å². The van der Waals surface area contributed by atoms with Crippen LogP contribution in [0.15, 0.2) is 47.2 Å². The van der Waals surface area contributed by atoms with Crippen LogP contribution in [0.1, 0.15) is 21.7 Å². The number of rotatable bonds is 5. The predicted molar refractivity (Wildman–Crippen MR) is 85.9 cm³/mol. The lowest BCUT2D eigenvalue weighted by Gasteiger charge is -2.02. The Morgan fingerprint density at radius 3 is 2.78 bits per heavy atom. The molecule has 0 aliphatic carbocycles. The van der Waals surface area contributed by atoms with E-state index in [2.05, 4.69) is 15.4 Å². The predicted octanol–water partition coefficient (Wildman–Crippen LogP) is 2.36. The second kappa shape index (κ2) is 6.48. The summed E-state index contributed by atoms with van der Waals surface area (Å²) >= 11 is 0. The number of amides is 1. The van der Waals surface area contributed by atoms with Gasteiger partial charge in [0.05, 0.1) is 17.0 Å². The molecular formula is C17H18N4O2. The van der Waals surface area contributed by atoms with E-state index >= 15 is 0 Å². The fraction of sp³-hybridized carbons (Fsp3) is 0.235. The molecule has 0 bridgehead atoms. The van der Waals surface area contributed by atoms with Gasteiger partial charge in [0.1, 0.15) is 6.26 Å². The van der Waals surface area contributed by atoms with Crippen LogP contribution in [0.25, 0.3) is 11.5 Å². The van der Waals surface area contributed by atoms with Crippen molar-refractivity contribution in [1.82, 2.24) is 20.1 Å². The van der Waals surface area contributed by atoms with Crippen LogP contribution >= 0.6 is 0 Å². The average molecular weight is 310 g/mol. The van der Waals surface area contributed by atoms with Gasteiger partial charge in [0.25, 0.3) is 5.91 Å². The zero-order valence-corrected chi connectivity index (χ0v) is 13.1. The van der Waals surface area contributed by atoms with Crippen molar-refractivity contribution < 1.29 is 9.21 Å². The van der Waals surface area contributed by atoms with E-state index in [-0.39, 0.29) is 5.91 Å². The number of aryl methyl sites for hydroxylation is 2. The van der Waals surface area contributed by atoms with Crippen molar-refractivity contribution >= 4 is 5.91 Å². The van der Waals surface area contributed by atoms with Crippen molar-refractivity contribution in [2.24, 2.45) is 7.05 Å². The van der Waals surface area contributed by atoms with Crippen molar-refractivity contribution in [3.63, 3.8) is 0 Å². The Morgan fingerprint density at radius 2 is 2.09 bits per heavy atom. The highest BCUT2D eigenvalue weighted by Crippen LogP contribution is 2.17.